The number of aryl methyl sites for hydroxylation is 3. The molecule has 30 heavy (non-hydrogen) atoms. The lowest BCUT2D eigenvalue weighted by Crippen LogP contribution is -2.03. The van der Waals surface area contributed by atoms with E-state index in [4.69, 9.17) is 9.72 Å². The smallest absolute Gasteiger partial charge is 0.416 e. The molecule has 0 atom stereocenters. The minimum atomic E-state index is -4.34. The second-order valence-electron chi connectivity index (χ2n) is 7.30. The van der Waals surface area contributed by atoms with E-state index < -0.39 is 11.7 Å². The molecule has 2 nitrogen and oxygen atoms in total. The standard InChI is InChI=1S/C24H26F3NOS/c1-4-6-7-21-22(15-29-20-13-10-17(5-2)16(3)14-20)30-23(28-21)18-8-11-19(12-9-18)24(25,26)27/h8-14H,4-7,15H2,1-3H3. The molecule has 160 valence electrons. The summed E-state index contributed by atoms with van der Waals surface area (Å²) in [4.78, 5) is 5.75. The second kappa shape index (κ2) is 9.65. The van der Waals surface area contributed by atoms with E-state index in [1.165, 1.54) is 34.6 Å². The maximum Gasteiger partial charge on any atom is 0.416 e. The summed E-state index contributed by atoms with van der Waals surface area (Å²) in [5, 5.41) is 0.728. The van der Waals surface area contributed by atoms with E-state index in [1.54, 1.807) is 0 Å². The van der Waals surface area contributed by atoms with Crippen LogP contribution in [0.4, 0.5) is 13.2 Å². The fraction of sp³-hybridized carbons (Fsp3) is 0.375. The number of alkyl halides is 3. The van der Waals surface area contributed by atoms with Gasteiger partial charge in [0, 0.05) is 5.56 Å². The number of nitrogens with zero attached hydrogens (tertiary/aromatic N) is 1. The van der Waals surface area contributed by atoms with Gasteiger partial charge in [0.15, 0.2) is 0 Å². The highest BCUT2D eigenvalue weighted by Crippen LogP contribution is 2.34. The Morgan fingerprint density at radius 2 is 1.77 bits per heavy atom. The van der Waals surface area contributed by atoms with Gasteiger partial charge in [-0.3, -0.25) is 0 Å². The molecule has 0 fully saturated rings. The Morgan fingerprint density at radius 3 is 2.37 bits per heavy atom. The van der Waals surface area contributed by atoms with Gasteiger partial charge in [-0.2, -0.15) is 13.2 Å². The highest BCUT2D eigenvalue weighted by Gasteiger charge is 2.30. The zero-order valence-corrected chi connectivity index (χ0v) is 18.3. The molecular weight excluding hydrogens is 407 g/mol. The van der Waals surface area contributed by atoms with Gasteiger partial charge in [0.25, 0.3) is 0 Å². The van der Waals surface area contributed by atoms with E-state index in [9.17, 15) is 13.2 Å². The van der Waals surface area contributed by atoms with E-state index in [-0.39, 0.29) is 0 Å². The highest BCUT2D eigenvalue weighted by molar-refractivity contribution is 7.15. The average Bonchev–Trinajstić information content (AvgIpc) is 3.13. The van der Waals surface area contributed by atoms with Crippen LogP contribution in [0.15, 0.2) is 42.5 Å². The minimum absolute atomic E-state index is 0.405. The predicted molar refractivity (Wildman–Crippen MR) is 116 cm³/mol. The van der Waals surface area contributed by atoms with E-state index in [2.05, 4.69) is 26.8 Å². The summed E-state index contributed by atoms with van der Waals surface area (Å²) in [6.07, 6.45) is -0.463. The van der Waals surface area contributed by atoms with Crippen molar-refractivity contribution < 1.29 is 17.9 Å². The summed E-state index contributed by atoms with van der Waals surface area (Å²) in [5.41, 5.74) is 3.52. The third-order valence-corrected chi connectivity index (χ3v) is 6.19. The number of thiazole rings is 1. The summed E-state index contributed by atoms with van der Waals surface area (Å²) >= 11 is 1.49. The van der Waals surface area contributed by atoms with Crippen molar-refractivity contribution in [3.8, 4) is 16.3 Å². The molecular formula is C24H26F3NOS. The Morgan fingerprint density at radius 1 is 1.03 bits per heavy atom. The number of unbranched alkanes of at least 4 members (excludes halogenated alkanes) is 1. The molecule has 0 aliphatic carbocycles. The molecule has 0 radical (unpaired) electrons. The second-order valence-corrected chi connectivity index (χ2v) is 8.38. The number of aromatic nitrogens is 1. The first-order valence-electron chi connectivity index (χ1n) is 10.2. The molecule has 0 N–H and O–H groups in total. The number of benzene rings is 2. The summed E-state index contributed by atoms with van der Waals surface area (Å²) in [5.74, 6) is 0.815. The Labute approximate surface area is 179 Å². The first kappa shape index (κ1) is 22.3. The lowest BCUT2D eigenvalue weighted by Gasteiger charge is -2.09. The molecule has 0 unspecified atom stereocenters. The molecule has 0 aliphatic rings. The number of hydrogen-bond acceptors (Lipinski definition) is 3. The SMILES string of the molecule is CCCCc1nc(-c2ccc(C(F)(F)F)cc2)sc1COc1ccc(CC)c(C)c1. The maximum absolute atomic E-state index is 12.8. The molecule has 0 spiro atoms. The molecule has 3 aromatic rings. The summed E-state index contributed by atoms with van der Waals surface area (Å²) in [7, 11) is 0. The van der Waals surface area contributed by atoms with Gasteiger partial charge < -0.3 is 4.74 Å². The van der Waals surface area contributed by atoms with Crippen LogP contribution in [-0.2, 0) is 25.6 Å². The van der Waals surface area contributed by atoms with Gasteiger partial charge in [0.1, 0.15) is 17.4 Å². The van der Waals surface area contributed by atoms with Gasteiger partial charge in [0.2, 0.25) is 0 Å². The summed E-state index contributed by atoms with van der Waals surface area (Å²) in [6.45, 7) is 6.73. The molecule has 6 heteroatoms. The van der Waals surface area contributed by atoms with E-state index in [0.717, 1.165) is 59.1 Å². The van der Waals surface area contributed by atoms with Crippen molar-refractivity contribution in [1.82, 2.24) is 4.98 Å². The van der Waals surface area contributed by atoms with Crippen molar-refractivity contribution in [2.24, 2.45) is 0 Å². The lowest BCUT2D eigenvalue weighted by atomic mass is 10.1. The van der Waals surface area contributed by atoms with Crippen molar-refractivity contribution in [3.05, 3.63) is 69.7 Å². The average molecular weight is 434 g/mol. The summed E-state index contributed by atoms with van der Waals surface area (Å²) < 4.78 is 44.5. The van der Waals surface area contributed by atoms with Crippen molar-refractivity contribution in [3.63, 3.8) is 0 Å². The van der Waals surface area contributed by atoms with Gasteiger partial charge in [-0.1, -0.05) is 38.5 Å². The van der Waals surface area contributed by atoms with Crippen molar-refractivity contribution >= 4 is 11.3 Å². The normalized spacial score (nSPS) is 11.7. The maximum atomic E-state index is 12.8. The monoisotopic (exact) mass is 433 g/mol. The fourth-order valence-corrected chi connectivity index (χ4v) is 4.29. The van der Waals surface area contributed by atoms with Crippen LogP contribution in [0.3, 0.4) is 0 Å². The van der Waals surface area contributed by atoms with Crippen LogP contribution in [0, 0.1) is 6.92 Å². The largest absolute Gasteiger partial charge is 0.488 e. The van der Waals surface area contributed by atoms with E-state index in [0.29, 0.717) is 12.2 Å². The molecule has 0 aliphatic heterocycles. The molecule has 0 amide bonds. The van der Waals surface area contributed by atoms with Crippen LogP contribution in [0.1, 0.15) is 54.0 Å². The fourth-order valence-electron chi connectivity index (χ4n) is 3.26. The van der Waals surface area contributed by atoms with Gasteiger partial charge in [0.05, 0.1) is 16.1 Å². The van der Waals surface area contributed by atoms with E-state index >= 15 is 0 Å². The van der Waals surface area contributed by atoms with Crippen LogP contribution >= 0.6 is 11.3 Å². The molecule has 0 saturated carbocycles. The van der Waals surface area contributed by atoms with Crippen molar-refractivity contribution in [2.45, 2.75) is 59.2 Å². The van der Waals surface area contributed by atoms with Crippen LogP contribution in [0.5, 0.6) is 5.75 Å². The van der Waals surface area contributed by atoms with Gasteiger partial charge in [-0.15, -0.1) is 11.3 Å². The molecule has 2 aromatic carbocycles. The Balaban J connectivity index is 1.81. The third-order valence-electron chi connectivity index (χ3n) is 5.07. The highest BCUT2D eigenvalue weighted by atomic mass is 32.1. The minimum Gasteiger partial charge on any atom is -0.488 e. The number of ether oxygens (including phenoxy) is 1. The number of halogens is 3. The topological polar surface area (TPSA) is 22.1 Å². The lowest BCUT2D eigenvalue weighted by molar-refractivity contribution is -0.137. The van der Waals surface area contributed by atoms with Crippen molar-refractivity contribution in [2.75, 3.05) is 0 Å². The third kappa shape index (κ3) is 5.42. The zero-order chi connectivity index (χ0) is 21.7. The quantitative estimate of drug-likeness (QED) is 0.364. The Kier molecular flexibility index (Phi) is 7.19. The molecule has 0 bridgehead atoms. The first-order chi connectivity index (χ1) is 14.3. The Bertz CT molecular complexity index is 977. The Hall–Kier alpha value is -2.34. The predicted octanol–water partition coefficient (Wildman–Crippen LogP) is 7.62. The number of hydrogen-bond donors (Lipinski definition) is 0. The summed E-state index contributed by atoms with van der Waals surface area (Å²) in [6, 6.07) is 11.3. The zero-order valence-electron chi connectivity index (χ0n) is 17.5. The van der Waals surface area contributed by atoms with Crippen LogP contribution in [-0.4, -0.2) is 4.98 Å². The number of rotatable bonds is 8. The molecule has 1 heterocycles. The van der Waals surface area contributed by atoms with Gasteiger partial charge in [-0.25, -0.2) is 4.98 Å². The van der Waals surface area contributed by atoms with Crippen LogP contribution in [0.25, 0.3) is 10.6 Å². The molecule has 0 saturated heterocycles. The van der Waals surface area contributed by atoms with E-state index in [1.807, 2.05) is 12.1 Å². The first-order valence-corrected chi connectivity index (χ1v) is 11.0. The van der Waals surface area contributed by atoms with Gasteiger partial charge >= 0.3 is 6.18 Å². The van der Waals surface area contributed by atoms with Crippen molar-refractivity contribution in [1.29, 1.82) is 0 Å². The van der Waals surface area contributed by atoms with Gasteiger partial charge in [-0.05, 0) is 61.6 Å². The molecule has 3 rings (SSSR count). The van der Waals surface area contributed by atoms with Crippen LogP contribution < -0.4 is 4.74 Å². The molecule has 1 aromatic heterocycles. The van der Waals surface area contributed by atoms with Crippen LogP contribution in [0.2, 0.25) is 0 Å².